The first-order valence-electron chi connectivity index (χ1n) is 9.92. The Bertz CT molecular complexity index is 1230. The average Bonchev–Trinajstić information content (AvgIpc) is 2.81. The Morgan fingerprint density at radius 3 is 2.38 bits per heavy atom. The molecule has 0 radical (unpaired) electrons. The van der Waals surface area contributed by atoms with Crippen LogP contribution in [0.3, 0.4) is 0 Å². The van der Waals surface area contributed by atoms with E-state index >= 15 is 0 Å². The summed E-state index contributed by atoms with van der Waals surface area (Å²) in [4.78, 5) is 24.1. The van der Waals surface area contributed by atoms with Gasteiger partial charge in [0.05, 0.1) is 18.3 Å². The van der Waals surface area contributed by atoms with Gasteiger partial charge in [0, 0.05) is 15.7 Å². The summed E-state index contributed by atoms with van der Waals surface area (Å²) in [7, 11) is 1.48. The van der Waals surface area contributed by atoms with E-state index in [9.17, 15) is 9.59 Å². The van der Waals surface area contributed by atoms with Crippen molar-refractivity contribution in [3.05, 3.63) is 86.4 Å². The molecule has 2 N–H and O–H groups in total. The number of hydrogen-bond acceptors (Lipinski definition) is 5. The zero-order chi connectivity index (χ0) is 24.7. The summed E-state index contributed by atoms with van der Waals surface area (Å²) in [6.45, 7) is 2.09. The molecule has 2 amide bonds. The molecule has 176 valence electrons. The lowest BCUT2D eigenvalue weighted by Gasteiger charge is -2.13. The van der Waals surface area contributed by atoms with Gasteiger partial charge in [-0.25, -0.2) is 5.43 Å². The van der Waals surface area contributed by atoms with Gasteiger partial charge in [-0.3, -0.25) is 9.59 Å². The lowest BCUT2D eigenvalue weighted by Crippen LogP contribution is -2.32. The molecule has 0 unspecified atom stereocenters. The molecule has 0 bridgehead atoms. The molecule has 0 aliphatic carbocycles. The molecule has 0 saturated heterocycles. The Labute approximate surface area is 211 Å². The maximum Gasteiger partial charge on any atom is 0.329 e. The topological polar surface area (TPSA) is 89.0 Å². The van der Waals surface area contributed by atoms with Gasteiger partial charge in [-0.1, -0.05) is 53.0 Å². The van der Waals surface area contributed by atoms with Crippen molar-refractivity contribution >= 4 is 58.5 Å². The fourth-order valence-corrected chi connectivity index (χ4v) is 3.35. The average molecular weight is 521 g/mol. The van der Waals surface area contributed by atoms with Crippen molar-refractivity contribution < 1.29 is 19.1 Å². The number of nitrogens with zero attached hydrogens (tertiary/aromatic N) is 1. The fraction of sp³-hybridized carbons (Fsp3) is 0.125. The van der Waals surface area contributed by atoms with E-state index in [4.69, 9.17) is 44.3 Å². The van der Waals surface area contributed by atoms with Crippen LogP contribution in [0.25, 0.3) is 0 Å². The van der Waals surface area contributed by atoms with E-state index in [2.05, 4.69) is 15.8 Å². The lowest BCUT2D eigenvalue weighted by atomic mass is 10.2. The minimum Gasteiger partial charge on any atom is -0.493 e. The Morgan fingerprint density at radius 1 is 0.971 bits per heavy atom. The first-order chi connectivity index (χ1) is 16.3. The van der Waals surface area contributed by atoms with E-state index in [1.54, 1.807) is 42.5 Å². The number of carbonyl (C=O) groups is 2. The number of rotatable bonds is 7. The van der Waals surface area contributed by atoms with Crippen LogP contribution >= 0.6 is 34.8 Å². The first-order valence-corrected chi connectivity index (χ1v) is 11.1. The number of ether oxygens (including phenoxy) is 2. The van der Waals surface area contributed by atoms with E-state index in [1.807, 2.05) is 19.1 Å². The van der Waals surface area contributed by atoms with Crippen molar-refractivity contribution in [2.75, 3.05) is 12.4 Å². The molecule has 3 aromatic rings. The van der Waals surface area contributed by atoms with Crippen molar-refractivity contribution in [2.24, 2.45) is 5.10 Å². The molecule has 0 spiro atoms. The third-order valence-electron chi connectivity index (χ3n) is 4.56. The van der Waals surface area contributed by atoms with Gasteiger partial charge in [-0.15, -0.1) is 0 Å². The smallest absolute Gasteiger partial charge is 0.329 e. The predicted molar refractivity (Wildman–Crippen MR) is 134 cm³/mol. The van der Waals surface area contributed by atoms with Gasteiger partial charge in [0.25, 0.3) is 0 Å². The second-order valence-corrected chi connectivity index (χ2v) is 8.32. The van der Waals surface area contributed by atoms with Crippen LogP contribution in [0, 0.1) is 6.92 Å². The van der Waals surface area contributed by atoms with Crippen molar-refractivity contribution in [3.8, 4) is 11.5 Å². The summed E-state index contributed by atoms with van der Waals surface area (Å²) < 4.78 is 11.2. The summed E-state index contributed by atoms with van der Waals surface area (Å²) in [5.74, 6) is -1.10. The molecule has 0 heterocycles. The van der Waals surface area contributed by atoms with Crippen molar-refractivity contribution in [1.82, 2.24) is 5.43 Å². The highest BCUT2D eigenvalue weighted by atomic mass is 35.5. The Hall–Kier alpha value is -3.26. The van der Waals surface area contributed by atoms with Gasteiger partial charge in [0.1, 0.15) is 6.61 Å². The van der Waals surface area contributed by atoms with Crippen LogP contribution in [0.5, 0.6) is 11.5 Å². The predicted octanol–water partition coefficient (Wildman–Crippen LogP) is 5.63. The zero-order valence-corrected chi connectivity index (χ0v) is 20.5. The largest absolute Gasteiger partial charge is 0.493 e. The Kier molecular flexibility index (Phi) is 8.76. The Balaban J connectivity index is 1.61. The number of carbonyl (C=O) groups excluding carboxylic acids is 2. The zero-order valence-electron chi connectivity index (χ0n) is 18.2. The SMILES string of the molecule is COc1cc(/C=N\NC(=O)C(=O)Nc2ccc(C)c(Cl)c2)cc(Cl)c1OCc1ccc(Cl)cc1. The van der Waals surface area contributed by atoms with Gasteiger partial charge in [0.2, 0.25) is 0 Å². The summed E-state index contributed by atoms with van der Waals surface area (Å²) in [5.41, 5.74) is 4.83. The number of anilines is 1. The lowest BCUT2D eigenvalue weighted by molar-refractivity contribution is -0.136. The van der Waals surface area contributed by atoms with Crippen molar-refractivity contribution in [1.29, 1.82) is 0 Å². The highest BCUT2D eigenvalue weighted by Gasteiger charge is 2.14. The third-order valence-corrected chi connectivity index (χ3v) is 5.50. The molecule has 0 atom stereocenters. The normalized spacial score (nSPS) is 10.7. The number of amides is 2. The maximum absolute atomic E-state index is 12.1. The highest BCUT2D eigenvalue weighted by Crippen LogP contribution is 2.36. The molecule has 34 heavy (non-hydrogen) atoms. The monoisotopic (exact) mass is 519 g/mol. The summed E-state index contributed by atoms with van der Waals surface area (Å²) in [5, 5.41) is 7.65. The molecule has 0 aliphatic heterocycles. The molecule has 3 aromatic carbocycles. The summed E-state index contributed by atoms with van der Waals surface area (Å²) in [6, 6.07) is 15.4. The van der Waals surface area contributed by atoms with Gasteiger partial charge in [-0.2, -0.15) is 5.10 Å². The van der Waals surface area contributed by atoms with Crippen LogP contribution in [0.15, 0.2) is 59.7 Å². The fourth-order valence-electron chi connectivity index (χ4n) is 2.77. The molecule has 10 heteroatoms. The van der Waals surface area contributed by atoms with Crippen LogP contribution in [0.2, 0.25) is 15.1 Å². The van der Waals surface area contributed by atoms with E-state index in [1.165, 1.54) is 13.3 Å². The molecular weight excluding hydrogens is 501 g/mol. The number of benzene rings is 3. The highest BCUT2D eigenvalue weighted by molar-refractivity contribution is 6.40. The Morgan fingerprint density at radius 2 is 1.71 bits per heavy atom. The quantitative estimate of drug-likeness (QED) is 0.240. The van der Waals surface area contributed by atoms with Crippen molar-refractivity contribution in [2.45, 2.75) is 13.5 Å². The standard InChI is InChI=1S/C24H20Cl3N3O4/c1-14-3-8-18(11-19(14)26)29-23(31)24(32)30-28-12-16-9-20(27)22(21(10-16)33-2)34-13-15-4-6-17(25)7-5-15/h3-12H,13H2,1-2H3,(H,29,31)(H,30,32)/b28-12-. The summed E-state index contributed by atoms with van der Waals surface area (Å²) in [6.07, 6.45) is 1.32. The maximum atomic E-state index is 12.1. The van der Waals surface area contributed by atoms with E-state index in [0.717, 1.165) is 11.1 Å². The molecule has 0 aliphatic rings. The number of hydrazone groups is 1. The first kappa shape index (κ1) is 25.4. The molecule has 3 rings (SSSR count). The number of hydrogen-bond donors (Lipinski definition) is 2. The minimum atomic E-state index is -0.950. The summed E-state index contributed by atoms with van der Waals surface area (Å²) >= 11 is 18.3. The van der Waals surface area contributed by atoms with Crippen LogP contribution in [0.1, 0.15) is 16.7 Å². The molecule has 0 fully saturated rings. The van der Waals surface area contributed by atoms with Crippen LogP contribution < -0.4 is 20.2 Å². The van der Waals surface area contributed by atoms with E-state index in [-0.39, 0.29) is 11.6 Å². The third kappa shape index (κ3) is 6.87. The van der Waals surface area contributed by atoms with E-state index in [0.29, 0.717) is 32.8 Å². The van der Waals surface area contributed by atoms with Gasteiger partial charge < -0.3 is 14.8 Å². The second kappa shape index (κ2) is 11.7. The molecular formula is C24H20Cl3N3O4. The van der Waals surface area contributed by atoms with Gasteiger partial charge >= 0.3 is 11.8 Å². The number of nitrogens with one attached hydrogen (secondary N) is 2. The van der Waals surface area contributed by atoms with Gasteiger partial charge in [0.15, 0.2) is 11.5 Å². The number of aryl methyl sites for hydroxylation is 1. The van der Waals surface area contributed by atoms with Crippen molar-refractivity contribution in [3.63, 3.8) is 0 Å². The van der Waals surface area contributed by atoms with Gasteiger partial charge in [-0.05, 0) is 60.0 Å². The molecule has 0 saturated carbocycles. The minimum absolute atomic E-state index is 0.262. The number of methoxy groups -OCH3 is 1. The molecule has 0 aromatic heterocycles. The molecule has 7 nitrogen and oxygen atoms in total. The van der Waals surface area contributed by atoms with E-state index < -0.39 is 11.8 Å². The number of halogens is 3. The van der Waals surface area contributed by atoms with Crippen LogP contribution in [-0.4, -0.2) is 25.1 Å². The van der Waals surface area contributed by atoms with Crippen LogP contribution in [0.4, 0.5) is 5.69 Å². The second-order valence-electron chi connectivity index (χ2n) is 7.07. The van der Waals surface area contributed by atoms with Crippen LogP contribution in [-0.2, 0) is 16.2 Å².